The number of imidazole rings is 1. The number of urea groups is 1. The Labute approximate surface area is 181 Å². The number of nitrogens with one attached hydrogen (secondary N) is 2. The number of carbonyl (C=O) groups is 2. The highest BCUT2D eigenvalue weighted by Gasteiger charge is 2.16. The summed E-state index contributed by atoms with van der Waals surface area (Å²) >= 11 is 0. The van der Waals surface area contributed by atoms with Crippen molar-refractivity contribution >= 4 is 28.8 Å². The van der Waals surface area contributed by atoms with Crippen molar-refractivity contribution in [3.8, 4) is 0 Å². The number of anilines is 1. The summed E-state index contributed by atoms with van der Waals surface area (Å²) in [5.74, 6) is 0.919. The van der Waals surface area contributed by atoms with E-state index in [4.69, 9.17) is 10.5 Å². The first kappa shape index (κ1) is 22.2. The van der Waals surface area contributed by atoms with Gasteiger partial charge in [0.15, 0.2) is 5.82 Å². The maximum atomic E-state index is 11.9. The van der Waals surface area contributed by atoms with Gasteiger partial charge < -0.3 is 20.4 Å². The molecule has 0 radical (unpaired) electrons. The minimum Gasteiger partial charge on any atom is -0.382 e. The number of carbonyl (C=O) groups excluding carboxylic acids is 2. The molecule has 9 heteroatoms. The number of ether oxygens (including phenoxy) is 1. The highest BCUT2D eigenvalue weighted by molar-refractivity contribution is 6.04. The summed E-state index contributed by atoms with van der Waals surface area (Å²) in [6.07, 6.45) is 0.768. The second-order valence-corrected chi connectivity index (χ2v) is 7.13. The zero-order valence-corrected chi connectivity index (χ0v) is 18.1. The number of benzene rings is 1. The first-order valence-electron chi connectivity index (χ1n) is 10.3. The molecule has 3 rings (SSSR count). The van der Waals surface area contributed by atoms with E-state index in [-0.39, 0.29) is 6.54 Å². The van der Waals surface area contributed by atoms with Crippen molar-refractivity contribution in [2.75, 3.05) is 25.5 Å². The van der Waals surface area contributed by atoms with E-state index in [1.807, 2.05) is 20.8 Å². The van der Waals surface area contributed by atoms with Crippen molar-refractivity contribution in [3.63, 3.8) is 0 Å². The van der Waals surface area contributed by atoms with Crippen LogP contribution in [0.15, 0.2) is 30.3 Å². The molecule has 0 aliphatic carbocycles. The van der Waals surface area contributed by atoms with E-state index in [9.17, 15) is 9.59 Å². The Kier molecular flexibility index (Phi) is 7.19. The Morgan fingerprint density at radius 2 is 1.87 bits per heavy atom. The number of hydrogen-bond donors (Lipinski definition) is 3. The summed E-state index contributed by atoms with van der Waals surface area (Å²) in [7, 11) is 0. The van der Waals surface area contributed by atoms with Crippen LogP contribution in [0.25, 0.3) is 11.0 Å². The first-order valence-corrected chi connectivity index (χ1v) is 10.3. The molecule has 0 atom stereocenters. The maximum absolute atomic E-state index is 11.9. The molecule has 3 aromatic rings. The van der Waals surface area contributed by atoms with Gasteiger partial charge in [-0.05, 0) is 31.5 Å². The van der Waals surface area contributed by atoms with Crippen molar-refractivity contribution in [2.45, 2.75) is 33.7 Å². The Morgan fingerprint density at radius 3 is 2.58 bits per heavy atom. The number of fused-ring (bicyclic) bond motifs is 1. The first-order chi connectivity index (χ1) is 14.9. The maximum Gasteiger partial charge on any atom is 0.321 e. The fourth-order valence-corrected chi connectivity index (χ4v) is 3.36. The number of aryl methyl sites for hydroxylation is 3. The standard InChI is InChI=1S/C22H28N6O3/c1-4-17-26-18-19(14(2)15(3)25-20(18)23)28(17)11-13-31-12-10-24-22(30)27-21(29)16-8-6-5-7-9-16/h5-9H,4,10-13H2,1-3H3,(H2,23,25)(H2,24,27,29,30). The van der Waals surface area contributed by atoms with Crippen molar-refractivity contribution in [3.05, 3.63) is 53.0 Å². The lowest BCUT2D eigenvalue weighted by Crippen LogP contribution is -2.40. The van der Waals surface area contributed by atoms with Crippen LogP contribution < -0.4 is 16.4 Å². The molecule has 3 amide bonds. The van der Waals surface area contributed by atoms with Crippen molar-refractivity contribution in [1.29, 1.82) is 0 Å². The van der Waals surface area contributed by atoms with Gasteiger partial charge in [0, 0.05) is 30.8 Å². The molecule has 0 aliphatic rings. The molecular weight excluding hydrogens is 396 g/mol. The van der Waals surface area contributed by atoms with Crippen LogP contribution in [-0.2, 0) is 17.7 Å². The van der Waals surface area contributed by atoms with Crippen molar-refractivity contribution in [2.24, 2.45) is 0 Å². The average molecular weight is 425 g/mol. The number of rotatable bonds is 8. The third kappa shape index (κ3) is 5.18. The summed E-state index contributed by atoms with van der Waals surface area (Å²) in [5.41, 5.74) is 10.1. The highest BCUT2D eigenvalue weighted by Crippen LogP contribution is 2.26. The average Bonchev–Trinajstić information content (AvgIpc) is 3.14. The zero-order chi connectivity index (χ0) is 22.4. The van der Waals surface area contributed by atoms with Crippen molar-refractivity contribution in [1.82, 2.24) is 25.2 Å². The minimum absolute atomic E-state index is 0.286. The second-order valence-electron chi connectivity index (χ2n) is 7.13. The lowest BCUT2D eigenvalue weighted by molar-refractivity contribution is 0.0961. The van der Waals surface area contributed by atoms with Crippen molar-refractivity contribution < 1.29 is 14.3 Å². The molecule has 31 heavy (non-hydrogen) atoms. The molecule has 1 aromatic carbocycles. The number of aromatic nitrogens is 3. The van der Waals surface area contributed by atoms with Crippen LogP contribution in [0.4, 0.5) is 10.6 Å². The highest BCUT2D eigenvalue weighted by atomic mass is 16.5. The predicted molar refractivity (Wildman–Crippen MR) is 119 cm³/mol. The molecule has 0 fully saturated rings. The van der Waals surface area contributed by atoms with E-state index in [1.165, 1.54) is 0 Å². The summed E-state index contributed by atoms with van der Waals surface area (Å²) in [5, 5.41) is 4.90. The van der Waals surface area contributed by atoms with Gasteiger partial charge in [-0.2, -0.15) is 0 Å². The molecular formula is C22H28N6O3. The van der Waals surface area contributed by atoms with Gasteiger partial charge in [-0.15, -0.1) is 0 Å². The molecule has 0 bridgehead atoms. The number of nitrogen functional groups attached to an aromatic ring is 1. The van der Waals surface area contributed by atoms with E-state index < -0.39 is 11.9 Å². The van der Waals surface area contributed by atoms with Crippen LogP contribution >= 0.6 is 0 Å². The Bertz CT molecular complexity index is 1080. The van der Waals surface area contributed by atoms with Crippen LogP contribution in [0.5, 0.6) is 0 Å². The number of amides is 3. The van der Waals surface area contributed by atoms with E-state index >= 15 is 0 Å². The summed E-state index contributed by atoms with van der Waals surface area (Å²) in [6.45, 7) is 7.67. The van der Waals surface area contributed by atoms with Crippen LogP contribution in [-0.4, -0.2) is 46.2 Å². The molecule has 2 heterocycles. The molecule has 4 N–H and O–H groups in total. The molecule has 0 saturated heterocycles. The van der Waals surface area contributed by atoms with Gasteiger partial charge in [0.05, 0.1) is 18.7 Å². The van der Waals surface area contributed by atoms with Crippen LogP contribution in [0.3, 0.4) is 0 Å². The number of hydrogen-bond acceptors (Lipinski definition) is 6. The molecule has 0 saturated carbocycles. The number of nitrogens with two attached hydrogens (primary N) is 1. The third-order valence-electron chi connectivity index (χ3n) is 5.05. The SMILES string of the molecule is CCc1nc2c(N)nc(C)c(C)c2n1CCOCCNC(=O)NC(=O)c1ccccc1. The molecule has 0 unspecified atom stereocenters. The number of pyridine rings is 1. The van der Waals surface area contributed by atoms with Gasteiger partial charge in [0.25, 0.3) is 5.91 Å². The lowest BCUT2D eigenvalue weighted by atomic mass is 10.2. The van der Waals surface area contributed by atoms with E-state index in [2.05, 4.69) is 25.2 Å². The Balaban J connectivity index is 1.48. The molecule has 2 aromatic heterocycles. The zero-order valence-electron chi connectivity index (χ0n) is 18.1. The molecule has 9 nitrogen and oxygen atoms in total. The van der Waals surface area contributed by atoms with Gasteiger partial charge in [0.2, 0.25) is 0 Å². The Morgan fingerprint density at radius 1 is 1.13 bits per heavy atom. The third-order valence-corrected chi connectivity index (χ3v) is 5.05. The molecule has 0 aliphatic heterocycles. The van der Waals surface area contributed by atoms with Crippen LogP contribution in [0.1, 0.15) is 34.4 Å². The van der Waals surface area contributed by atoms with E-state index in [1.54, 1.807) is 30.3 Å². The smallest absolute Gasteiger partial charge is 0.321 e. The van der Waals surface area contributed by atoms with E-state index in [0.717, 1.165) is 34.5 Å². The fourth-order valence-electron chi connectivity index (χ4n) is 3.36. The fraction of sp³-hybridized carbons (Fsp3) is 0.364. The normalized spacial score (nSPS) is 10.9. The predicted octanol–water partition coefficient (Wildman–Crippen LogP) is 2.35. The Hall–Kier alpha value is -3.46. The summed E-state index contributed by atoms with van der Waals surface area (Å²) in [6, 6.07) is 8.01. The van der Waals surface area contributed by atoms with E-state index in [0.29, 0.717) is 31.1 Å². The largest absolute Gasteiger partial charge is 0.382 e. The minimum atomic E-state index is -0.555. The number of imide groups is 1. The van der Waals surface area contributed by atoms with Gasteiger partial charge in [-0.3, -0.25) is 10.1 Å². The molecule has 164 valence electrons. The summed E-state index contributed by atoms with van der Waals surface area (Å²) in [4.78, 5) is 32.8. The lowest BCUT2D eigenvalue weighted by Gasteiger charge is -2.12. The van der Waals surface area contributed by atoms with Gasteiger partial charge in [-0.25, -0.2) is 14.8 Å². The van der Waals surface area contributed by atoms with Crippen LogP contribution in [0, 0.1) is 13.8 Å². The van der Waals surface area contributed by atoms with Crippen LogP contribution in [0.2, 0.25) is 0 Å². The summed E-state index contributed by atoms with van der Waals surface area (Å²) < 4.78 is 7.79. The quantitative estimate of drug-likeness (QED) is 0.477. The monoisotopic (exact) mass is 424 g/mol. The topological polar surface area (TPSA) is 124 Å². The van der Waals surface area contributed by atoms with Gasteiger partial charge in [0.1, 0.15) is 11.3 Å². The van der Waals surface area contributed by atoms with Gasteiger partial charge in [-0.1, -0.05) is 25.1 Å². The number of nitrogens with zero attached hydrogens (tertiary/aromatic N) is 3. The molecule has 0 spiro atoms. The van der Waals surface area contributed by atoms with Gasteiger partial charge >= 0.3 is 6.03 Å². The second kappa shape index (κ2) is 10.0.